The number of carbonyl (C=O) groups excluding carboxylic acids is 2. The number of para-hydroxylation sites is 1. The summed E-state index contributed by atoms with van der Waals surface area (Å²) in [4.78, 5) is 35.6. The predicted molar refractivity (Wildman–Crippen MR) is 111 cm³/mol. The zero-order valence-electron chi connectivity index (χ0n) is 16.5. The standard InChI is InChI=1S/C22H26N4O3/c27-20(25-15-13-24(14-16-25)18-7-2-1-3-8-18)17-29-22(28)19-9-6-10-23-21(19)26-11-4-5-12-26/h1-3,6-10H,4-5,11-17H2. The van der Waals surface area contributed by atoms with Crippen LogP contribution >= 0.6 is 0 Å². The second-order valence-electron chi connectivity index (χ2n) is 7.35. The summed E-state index contributed by atoms with van der Waals surface area (Å²) in [7, 11) is 0. The summed E-state index contributed by atoms with van der Waals surface area (Å²) in [5.74, 6) is 0.00729. The zero-order valence-corrected chi connectivity index (χ0v) is 16.5. The topological polar surface area (TPSA) is 66.0 Å². The molecule has 2 aliphatic heterocycles. The van der Waals surface area contributed by atoms with Crippen LogP contribution in [0.2, 0.25) is 0 Å². The van der Waals surface area contributed by atoms with Crippen LogP contribution < -0.4 is 9.80 Å². The van der Waals surface area contributed by atoms with Crippen molar-refractivity contribution in [2.24, 2.45) is 0 Å². The molecular formula is C22H26N4O3. The van der Waals surface area contributed by atoms with Gasteiger partial charge in [0.25, 0.3) is 5.91 Å². The molecule has 0 N–H and O–H groups in total. The summed E-state index contributed by atoms with van der Waals surface area (Å²) in [5, 5.41) is 0. The molecule has 0 aliphatic carbocycles. The van der Waals surface area contributed by atoms with E-state index in [1.165, 1.54) is 0 Å². The van der Waals surface area contributed by atoms with Gasteiger partial charge in [0, 0.05) is 51.2 Å². The third-order valence-corrected chi connectivity index (χ3v) is 5.49. The molecule has 0 spiro atoms. The number of rotatable bonds is 5. The fourth-order valence-corrected chi connectivity index (χ4v) is 3.89. The van der Waals surface area contributed by atoms with E-state index >= 15 is 0 Å². The van der Waals surface area contributed by atoms with Crippen LogP contribution in [0.25, 0.3) is 0 Å². The van der Waals surface area contributed by atoms with Crippen molar-refractivity contribution >= 4 is 23.4 Å². The molecule has 4 rings (SSSR count). The van der Waals surface area contributed by atoms with Crippen LogP contribution in [-0.2, 0) is 9.53 Å². The molecule has 2 aromatic rings. The van der Waals surface area contributed by atoms with Crippen molar-refractivity contribution in [1.29, 1.82) is 0 Å². The van der Waals surface area contributed by atoms with Crippen LogP contribution in [-0.4, -0.2) is 67.6 Å². The Morgan fingerprint density at radius 3 is 2.31 bits per heavy atom. The molecule has 1 amide bonds. The maximum atomic E-state index is 12.6. The summed E-state index contributed by atoms with van der Waals surface area (Å²) in [6.45, 7) is 4.33. The van der Waals surface area contributed by atoms with Gasteiger partial charge in [-0.05, 0) is 37.1 Å². The average Bonchev–Trinajstić information content (AvgIpc) is 3.33. The molecule has 7 heteroatoms. The fourth-order valence-electron chi connectivity index (χ4n) is 3.89. The van der Waals surface area contributed by atoms with Gasteiger partial charge in [-0.2, -0.15) is 0 Å². The largest absolute Gasteiger partial charge is 0.452 e. The SMILES string of the molecule is O=C(OCC(=O)N1CCN(c2ccccc2)CC1)c1cccnc1N1CCCC1. The Kier molecular flexibility index (Phi) is 5.93. The number of piperazine rings is 1. The van der Waals surface area contributed by atoms with Gasteiger partial charge in [-0.25, -0.2) is 9.78 Å². The van der Waals surface area contributed by atoms with E-state index in [2.05, 4.69) is 26.9 Å². The van der Waals surface area contributed by atoms with Crippen LogP contribution in [0.4, 0.5) is 11.5 Å². The van der Waals surface area contributed by atoms with Gasteiger partial charge < -0.3 is 19.4 Å². The minimum absolute atomic E-state index is 0.155. The van der Waals surface area contributed by atoms with Gasteiger partial charge in [-0.15, -0.1) is 0 Å². The number of ether oxygens (including phenoxy) is 1. The number of esters is 1. The minimum atomic E-state index is -0.490. The summed E-state index contributed by atoms with van der Waals surface area (Å²) < 4.78 is 5.34. The maximum absolute atomic E-state index is 12.6. The second kappa shape index (κ2) is 8.94. The number of hydrogen-bond donors (Lipinski definition) is 0. The first-order valence-electron chi connectivity index (χ1n) is 10.2. The van der Waals surface area contributed by atoms with E-state index in [4.69, 9.17) is 4.74 Å². The molecular weight excluding hydrogens is 368 g/mol. The molecule has 3 heterocycles. The highest BCUT2D eigenvalue weighted by molar-refractivity contribution is 5.96. The van der Waals surface area contributed by atoms with Crippen LogP contribution in [0.15, 0.2) is 48.7 Å². The lowest BCUT2D eigenvalue weighted by atomic mass is 10.2. The van der Waals surface area contributed by atoms with Crippen molar-refractivity contribution in [3.8, 4) is 0 Å². The van der Waals surface area contributed by atoms with Crippen molar-refractivity contribution in [3.05, 3.63) is 54.2 Å². The number of benzene rings is 1. The van der Waals surface area contributed by atoms with Crippen LogP contribution in [0.5, 0.6) is 0 Å². The van der Waals surface area contributed by atoms with E-state index in [-0.39, 0.29) is 12.5 Å². The number of anilines is 2. The molecule has 7 nitrogen and oxygen atoms in total. The first-order chi connectivity index (χ1) is 14.2. The summed E-state index contributed by atoms with van der Waals surface area (Å²) in [6.07, 6.45) is 3.87. The van der Waals surface area contributed by atoms with E-state index in [9.17, 15) is 9.59 Å². The molecule has 2 fully saturated rings. The Morgan fingerprint density at radius 1 is 0.862 bits per heavy atom. The Bertz CT molecular complexity index is 844. The molecule has 1 aromatic heterocycles. The molecule has 2 saturated heterocycles. The molecule has 0 radical (unpaired) electrons. The Labute approximate surface area is 170 Å². The monoisotopic (exact) mass is 394 g/mol. The van der Waals surface area contributed by atoms with Crippen LogP contribution in [0.1, 0.15) is 23.2 Å². The lowest BCUT2D eigenvalue weighted by Gasteiger charge is -2.36. The first kappa shape index (κ1) is 19.2. The van der Waals surface area contributed by atoms with E-state index in [0.717, 1.165) is 44.7 Å². The number of nitrogens with zero attached hydrogens (tertiary/aromatic N) is 4. The van der Waals surface area contributed by atoms with Crippen molar-refractivity contribution in [2.75, 3.05) is 55.7 Å². The van der Waals surface area contributed by atoms with E-state index in [1.54, 1.807) is 23.2 Å². The maximum Gasteiger partial charge on any atom is 0.342 e. The van der Waals surface area contributed by atoms with Gasteiger partial charge in [0.05, 0.1) is 0 Å². The van der Waals surface area contributed by atoms with Crippen LogP contribution in [0, 0.1) is 0 Å². The molecule has 0 bridgehead atoms. The lowest BCUT2D eigenvalue weighted by Crippen LogP contribution is -2.49. The Hall–Kier alpha value is -3.09. The molecule has 2 aliphatic rings. The highest BCUT2D eigenvalue weighted by Gasteiger charge is 2.25. The van der Waals surface area contributed by atoms with E-state index in [0.29, 0.717) is 24.5 Å². The van der Waals surface area contributed by atoms with Crippen molar-refractivity contribution in [2.45, 2.75) is 12.8 Å². The average molecular weight is 394 g/mol. The Balaban J connectivity index is 1.30. The number of carbonyl (C=O) groups is 2. The van der Waals surface area contributed by atoms with Gasteiger partial charge in [0.1, 0.15) is 11.4 Å². The quantitative estimate of drug-likeness (QED) is 0.725. The number of pyridine rings is 1. The van der Waals surface area contributed by atoms with Gasteiger partial charge in [-0.3, -0.25) is 4.79 Å². The zero-order chi connectivity index (χ0) is 20.1. The fraction of sp³-hybridized carbons (Fsp3) is 0.409. The van der Waals surface area contributed by atoms with Crippen molar-refractivity contribution < 1.29 is 14.3 Å². The highest BCUT2D eigenvalue weighted by Crippen LogP contribution is 2.22. The summed E-state index contributed by atoms with van der Waals surface area (Å²) in [6, 6.07) is 13.6. The molecule has 0 saturated carbocycles. The third-order valence-electron chi connectivity index (χ3n) is 5.49. The molecule has 0 atom stereocenters. The normalized spacial score (nSPS) is 16.8. The highest BCUT2D eigenvalue weighted by atomic mass is 16.5. The van der Waals surface area contributed by atoms with Gasteiger partial charge in [-0.1, -0.05) is 18.2 Å². The first-order valence-corrected chi connectivity index (χ1v) is 10.2. The van der Waals surface area contributed by atoms with E-state index < -0.39 is 5.97 Å². The minimum Gasteiger partial charge on any atom is -0.452 e. The van der Waals surface area contributed by atoms with Gasteiger partial charge in [0.15, 0.2) is 6.61 Å². The van der Waals surface area contributed by atoms with Crippen LogP contribution in [0.3, 0.4) is 0 Å². The molecule has 29 heavy (non-hydrogen) atoms. The summed E-state index contributed by atoms with van der Waals surface area (Å²) >= 11 is 0. The Morgan fingerprint density at radius 2 is 1.59 bits per heavy atom. The lowest BCUT2D eigenvalue weighted by molar-refractivity contribution is -0.134. The second-order valence-corrected chi connectivity index (χ2v) is 7.35. The number of aromatic nitrogens is 1. The number of hydrogen-bond acceptors (Lipinski definition) is 6. The van der Waals surface area contributed by atoms with Crippen molar-refractivity contribution in [1.82, 2.24) is 9.88 Å². The van der Waals surface area contributed by atoms with Crippen molar-refractivity contribution in [3.63, 3.8) is 0 Å². The molecule has 152 valence electrons. The predicted octanol–water partition coefficient (Wildman–Crippen LogP) is 2.19. The number of amides is 1. The van der Waals surface area contributed by atoms with Gasteiger partial charge >= 0.3 is 5.97 Å². The van der Waals surface area contributed by atoms with E-state index in [1.807, 2.05) is 18.2 Å². The summed E-state index contributed by atoms with van der Waals surface area (Å²) in [5.41, 5.74) is 1.59. The smallest absolute Gasteiger partial charge is 0.342 e. The van der Waals surface area contributed by atoms with Gasteiger partial charge in [0.2, 0.25) is 0 Å². The molecule has 1 aromatic carbocycles. The third kappa shape index (κ3) is 4.50. The molecule has 0 unspecified atom stereocenters.